The van der Waals surface area contributed by atoms with Crippen LogP contribution in [0.1, 0.15) is 94.0 Å². The minimum absolute atomic E-state index is 0.186. The molecule has 50 heavy (non-hydrogen) atoms. The number of carbonyl (C=O) groups excluding carboxylic acids is 1. The van der Waals surface area contributed by atoms with Crippen LogP contribution in [0, 0.1) is 6.92 Å². The summed E-state index contributed by atoms with van der Waals surface area (Å²) in [7, 11) is 0. The van der Waals surface area contributed by atoms with Gasteiger partial charge in [-0.1, -0.05) is 54.1 Å². The number of carbonyl (C=O) groups is 1. The van der Waals surface area contributed by atoms with Crippen LogP contribution >= 0.6 is 22.9 Å². The lowest BCUT2D eigenvalue weighted by Gasteiger charge is -2.35. The number of thiazole rings is 1. The predicted molar refractivity (Wildman–Crippen MR) is 202 cm³/mol. The fourth-order valence-electron chi connectivity index (χ4n) is 7.76. The van der Waals surface area contributed by atoms with E-state index in [1.54, 1.807) is 17.4 Å². The number of hydrogen-bond donors (Lipinski definition) is 1. The Labute approximate surface area is 302 Å². The summed E-state index contributed by atoms with van der Waals surface area (Å²) in [6, 6.07) is 20.4. The second kappa shape index (κ2) is 13.2. The third-order valence-corrected chi connectivity index (χ3v) is 11.4. The van der Waals surface area contributed by atoms with Gasteiger partial charge in [-0.3, -0.25) is 9.36 Å². The highest BCUT2D eigenvalue weighted by molar-refractivity contribution is 7.13. The van der Waals surface area contributed by atoms with Crippen molar-refractivity contribution in [1.29, 1.82) is 0 Å². The summed E-state index contributed by atoms with van der Waals surface area (Å²) in [6.07, 6.45) is 2.40. The number of nitrogens with zero attached hydrogens (tertiary/aromatic N) is 4. The van der Waals surface area contributed by atoms with E-state index in [2.05, 4.69) is 81.1 Å². The van der Waals surface area contributed by atoms with Crippen molar-refractivity contribution in [2.45, 2.75) is 83.8 Å². The van der Waals surface area contributed by atoms with Gasteiger partial charge in [-0.15, -0.1) is 11.3 Å². The molecule has 4 heterocycles. The topological polar surface area (TPSA) is 89.4 Å². The first-order valence-electron chi connectivity index (χ1n) is 17.4. The molecule has 1 amide bonds. The molecule has 8 nitrogen and oxygen atoms in total. The molecule has 2 aliphatic heterocycles. The number of piperidine rings is 1. The molecule has 7 rings (SSSR count). The van der Waals surface area contributed by atoms with Gasteiger partial charge in [-0.25, -0.2) is 9.78 Å². The van der Waals surface area contributed by atoms with Crippen molar-refractivity contribution in [3.8, 4) is 16.1 Å². The minimum atomic E-state index is -0.580. The number of likely N-dealkylation sites (tertiary alicyclic amines) is 1. The monoisotopic (exact) mass is 709 g/mol. The van der Waals surface area contributed by atoms with Gasteiger partial charge in [0.2, 0.25) is 0 Å². The second-order valence-corrected chi connectivity index (χ2v) is 16.3. The molecule has 1 N–H and O–H groups in total. The van der Waals surface area contributed by atoms with Crippen LogP contribution in [0.4, 0.5) is 4.79 Å². The molecule has 0 bridgehead atoms. The fraction of sp³-hybridized carbons (Fsp3) is 0.400. The molecular weight excluding hydrogens is 666 g/mol. The number of ether oxygens (including phenoxy) is 1. The van der Waals surface area contributed by atoms with Crippen molar-refractivity contribution in [3.63, 3.8) is 0 Å². The SMILES string of the molecule is Cc1ncsc1-c1ccc([C@H](CCN2CCC(c3cccc4c3C(C)(C)c3nc(=O)c5c(Cl)cccc5n3-4)CC2)NC(=O)OC(C)(C)C)cc1. The van der Waals surface area contributed by atoms with Gasteiger partial charge in [-0.2, -0.15) is 4.98 Å². The number of hydrogen-bond acceptors (Lipinski definition) is 7. The number of amides is 1. The van der Waals surface area contributed by atoms with Crippen LogP contribution in [0.5, 0.6) is 0 Å². The Balaban J connectivity index is 1.08. The van der Waals surface area contributed by atoms with Crippen molar-refractivity contribution >= 4 is 39.9 Å². The summed E-state index contributed by atoms with van der Waals surface area (Å²) in [5.74, 6) is 1.14. The first kappa shape index (κ1) is 34.4. The molecule has 10 heteroatoms. The van der Waals surface area contributed by atoms with Crippen molar-refractivity contribution in [1.82, 2.24) is 24.8 Å². The van der Waals surface area contributed by atoms with Crippen molar-refractivity contribution in [2.24, 2.45) is 0 Å². The van der Waals surface area contributed by atoms with Crippen LogP contribution in [-0.2, 0) is 10.2 Å². The Morgan fingerprint density at radius 3 is 2.48 bits per heavy atom. The quantitative estimate of drug-likeness (QED) is 0.182. The maximum absolute atomic E-state index is 13.2. The largest absolute Gasteiger partial charge is 0.444 e. The molecule has 0 unspecified atom stereocenters. The number of rotatable bonds is 7. The molecule has 0 aliphatic carbocycles. The number of halogens is 1. The Morgan fingerprint density at radius 1 is 1.08 bits per heavy atom. The van der Waals surface area contributed by atoms with Gasteiger partial charge in [0.15, 0.2) is 0 Å². The Morgan fingerprint density at radius 2 is 1.80 bits per heavy atom. The molecule has 2 aliphatic rings. The van der Waals surface area contributed by atoms with E-state index in [0.29, 0.717) is 16.3 Å². The molecule has 0 spiro atoms. The van der Waals surface area contributed by atoms with Crippen LogP contribution in [0.3, 0.4) is 0 Å². The molecule has 3 aromatic carbocycles. The third kappa shape index (κ3) is 6.47. The average Bonchev–Trinajstić information content (AvgIpc) is 3.60. The van der Waals surface area contributed by atoms with E-state index < -0.39 is 17.1 Å². The zero-order chi connectivity index (χ0) is 35.4. The Hall–Kier alpha value is -4.05. The normalized spacial score (nSPS) is 16.6. The molecular formula is C40H44ClN5O3S. The van der Waals surface area contributed by atoms with Gasteiger partial charge in [0, 0.05) is 6.54 Å². The standard InChI is InChI=1S/C40H44ClN5O3S/c1-24-35(50-23-42-24)27-15-13-26(14-16-27)30(43-38(48)49-39(2,3)4)19-22-45-20-17-25(18-21-45)28-9-7-12-32-34(28)40(5,6)37-44-36(47)33-29(41)10-8-11-31(33)46(32)37/h7-16,23,25,30H,17-22H2,1-6H3,(H,43,48)/t30-/m0/s1. The fourth-order valence-corrected chi connectivity index (χ4v) is 8.83. The van der Waals surface area contributed by atoms with Gasteiger partial charge in [0.1, 0.15) is 11.4 Å². The summed E-state index contributed by atoms with van der Waals surface area (Å²) in [5.41, 5.74) is 8.24. The van der Waals surface area contributed by atoms with Crippen LogP contribution in [0.25, 0.3) is 27.0 Å². The highest BCUT2D eigenvalue weighted by Gasteiger charge is 2.41. The molecule has 5 aromatic rings. The first-order valence-corrected chi connectivity index (χ1v) is 18.7. The van der Waals surface area contributed by atoms with E-state index in [4.69, 9.17) is 16.3 Å². The van der Waals surface area contributed by atoms with E-state index in [1.165, 1.54) is 11.1 Å². The lowest BCUT2D eigenvalue weighted by Crippen LogP contribution is -2.38. The van der Waals surface area contributed by atoms with Crippen LogP contribution < -0.4 is 10.9 Å². The van der Waals surface area contributed by atoms with E-state index in [9.17, 15) is 9.59 Å². The highest BCUT2D eigenvalue weighted by Crippen LogP contribution is 2.48. The number of aryl methyl sites for hydroxylation is 1. The second-order valence-electron chi connectivity index (χ2n) is 15.1. The van der Waals surface area contributed by atoms with Gasteiger partial charge in [-0.05, 0) is 120 Å². The molecule has 1 atom stereocenters. The smallest absolute Gasteiger partial charge is 0.408 e. The molecule has 260 valence electrons. The maximum atomic E-state index is 13.2. The number of fused-ring (bicyclic) bond motifs is 5. The zero-order valence-electron chi connectivity index (χ0n) is 29.5. The van der Waals surface area contributed by atoms with E-state index in [0.717, 1.165) is 77.6 Å². The predicted octanol–water partition coefficient (Wildman–Crippen LogP) is 8.95. The van der Waals surface area contributed by atoms with Gasteiger partial charge < -0.3 is 15.0 Å². The van der Waals surface area contributed by atoms with E-state index >= 15 is 0 Å². The average molecular weight is 710 g/mol. The summed E-state index contributed by atoms with van der Waals surface area (Å²) in [5, 5.41) is 4.05. The van der Waals surface area contributed by atoms with E-state index in [-0.39, 0.29) is 11.6 Å². The van der Waals surface area contributed by atoms with Crippen molar-refractivity contribution in [3.05, 3.63) is 110 Å². The molecule has 0 saturated carbocycles. The molecule has 1 fully saturated rings. The van der Waals surface area contributed by atoms with Crippen LogP contribution in [-0.4, -0.2) is 50.8 Å². The number of nitrogens with one attached hydrogen (secondary N) is 1. The lowest BCUT2D eigenvalue weighted by atomic mass is 9.77. The Bertz CT molecular complexity index is 2120. The highest BCUT2D eigenvalue weighted by atomic mass is 35.5. The summed E-state index contributed by atoms with van der Waals surface area (Å²) >= 11 is 8.14. The molecule has 2 aromatic heterocycles. The summed E-state index contributed by atoms with van der Waals surface area (Å²) < 4.78 is 7.79. The van der Waals surface area contributed by atoms with Crippen LogP contribution in [0.15, 0.2) is 71.0 Å². The van der Waals surface area contributed by atoms with Gasteiger partial charge >= 0.3 is 6.09 Å². The zero-order valence-corrected chi connectivity index (χ0v) is 31.1. The third-order valence-electron chi connectivity index (χ3n) is 10.1. The van der Waals surface area contributed by atoms with Gasteiger partial charge in [0.25, 0.3) is 5.56 Å². The van der Waals surface area contributed by atoms with Crippen LogP contribution in [0.2, 0.25) is 5.02 Å². The molecule has 1 saturated heterocycles. The Kier molecular flexibility index (Phi) is 9.12. The summed E-state index contributed by atoms with van der Waals surface area (Å²) in [6.45, 7) is 14.8. The van der Waals surface area contributed by atoms with Crippen molar-refractivity contribution < 1.29 is 9.53 Å². The van der Waals surface area contributed by atoms with Crippen molar-refractivity contribution in [2.75, 3.05) is 19.6 Å². The lowest BCUT2D eigenvalue weighted by molar-refractivity contribution is 0.0496. The first-order chi connectivity index (χ1) is 23.8. The van der Waals surface area contributed by atoms with E-state index in [1.807, 2.05) is 45.3 Å². The number of alkyl carbamates (subject to hydrolysis) is 1. The summed E-state index contributed by atoms with van der Waals surface area (Å²) in [4.78, 5) is 38.8. The number of aromatic nitrogens is 3. The molecule has 0 radical (unpaired) electrons. The minimum Gasteiger partial charge on any atom is -0.444 e. The maximum Gasteiger partial charge on any atom is 0.408 e. The van der Waals surface area contributed by atoms with Gasteiger partial charge in [0.05, 0.1) is 49.2 Å². The number of benzene rings is 3.